The quantitative estimate of drug-likeness (QED) is 0.0985. The van der Waals surface area contributed by atoms with Crippen LogP contribution >= 0.6 is 0 Å². The average molecular weight is 1180 g/mol. The standard InChI is InChI=1S/C30H42FN5O4S.C30H41FN4O5S/c1-30(2,3)22-34-12-10-33(11-13-34)20-23-4-8-26(9-5-23)36(29(38)35-14-16-41(39,40)17-15-35)21-25-7-6-24(18-27(25)31)28(37)19-32;1-30(2,3)22-33-13-11-32(12-14-33)20-23-5-9-26(10-6-23)35(29(37)34-15-17-41(38,39)18-16-34)21-25-8-7-24(19-27(25)31)28(36)40-4/h4-9,18H,10-17,19-22,32H2,1-3H3;5-10,19H,11-18,20-22H2,1-4H3. The summed E-state index contributed by atoms with van der Waals surface area (Å²) in [5.41, 5.74) is 10.1. The topological polar surface area (TPSA) is 198 Å². The van der Waals surface area contributed by atoms with Crippen LogP contribution in [0.4, 0.5) is 29.7 Å². The Balaban J connectivity index is 0.000000236. The molecule has 4 aliphatic rings. The number of nitrogens with zero attached hydrogens (tertiary/aromatic N) is 8. The number of hydrogen-bond acceptors (Lipinski definition) is 14. The predicted molar refractivity (Wildman–Crippen MR) is 316 cm³/mol. The predicted octanol–water partition coefficient (Wildman–Crippen LogP) is 6.62. The van der Waals surface area contributed by atoms with Crippen molar-refractivity contribution in [2.24, 2.45) is 16.6 Å². The molecule has 0 saturated carbocycles. The minimum atomic E-state index is -3.18. The highest BCUT2D eigenvalue weighted by Gasteiger charge is 2.32. The van der Waals surface area contributed by atoms with Crippen LogP contribution < -0.4 is 15.5 Å². The Labute approximate surface area is 483 Å². The van der Waals surface area contributed by atoms with E-state index in [1.165, 1.54) is 51.0 Å². The molecule has 2 N–H and O–H groups in total. The number of amides is 4. The first kappa shape index (κ1) is 63.7. The molecular weight excluding hydrogens is 1090 g/mol. The van der Waals surface area contributed by atoms with Gasteiger partial charge in [0.1, 0.15) is 11.6 Å². The summed E-state index contributed by atoms with van der Waals surface area (Å²) in [6, 6.07) is 22.7. The molecule has 4 aromatic rings. The molecule has 4 heterocycles. The molecule has 0 spiro atoms. The van der Waals surface area contributed by atoms with Gasteiger partial charge in [-0.2, -0.15) is 0 Å². The van der Waals surface area contributed by atoms with Crippen molar-refractivity contribution >= 4 is 54.9 Å². The number of Topliss-reactive ketones (excluding diaryl/α,β-unsaturated/α-hetero) is 1. The summed E-state index contributed by atoms with van der Waals surface area (Å²) in [5, 5.41) is 0. The highest BCUT2D eigenvalue weighted by atomic mass is 32.2. The monoisotopic (exact) mass is 1180 g/mol. The molecule has 448 valence electrons. The molecule has 0 radical (unpaired) electrons. The van der Waals surface area contributed by atoms with Crippen LogP contribution in [0, 0.1) is 22.5 Å². The van der Waals surface area contributed by atoms with Crippen LogP contribution in [0.5, 0.6) is 0 Å². The van der Waals surface area contributed by atoms with Gasteiger partial charge in [0.2, 0.25) is 0 Å². The summed E-state index contributed by atoms with van der Waals surface area (Å²) in [7, 11) is -5.13. The lowest BCUT2D eigenvalue weighted by Crippen LogP contribution is -2.49. The van der Waals surface area contributed by atoms with E-state index in [2.05, 4.69) is 65.9 Å². The second-order valence-electron chi connectivity index (χ2n) is 24.3. The van der Waals surface area contributed by atoms with Crippen molar-refractivity contribution in [2.75, 3.05) is 138 Å². The Morgan fingerprint density at radius 3 is 1.18 bits per heavy atom. The number of piperazine rings is 2. The zero-order chi connectivity index (χ0) is 59.6. The second-order valence-corrected chi connectivity index (χ2v) is 28.9. The molecule has 4 saturated heterocycles. The number of methoxy groups -OCH3 is 1. The van der Waals surface area contributed by atoms with Gasteiger partial charge in [0.25, 0.3) is 0 Å². The number of urea groups is 2. The summed E-state index contributed by atoms with van der Waals surface area (Å²) < 4.78 is 82.5. The van der Waals surface area contributed by atoms with Crippen LogP contribution in [0.15, 0.2) is 84.9 Å². The van der Waals surface area contributed by atoms with Gasteiger partial charge in [0.15, 0.2) is 25.5 Å². The number of rotatable bonds is 15. The molecule has 18 nitrogen and oxygen atoms in total. The van der Waals surface area contributed by atoms with Crippen molar-refractivity contribution in [3.8, 4) is 0 Å². The van der Waals surface area contributed by atoms with Crippen molar-refractivity contribution < 1.29 is 49.5 Å². The van der Waals surface area contributed by atoms with Crippen molar-refractivity contribution in [3.05, 3.63) is 130 Å². The molecule has 0 aromatic heterocycles. The molecule has 4 amide bonds. The third-order valence-corrected chi connectivity index (χ3v) is 18.2. The molecule has 22 heteroatoms. The van der Waals surface area contributed by atoms with E-state index < -0.39 is 37.3 Å². The van der Waals surface area contributed by atoms with Crippen LogP contribution in [-0.2, 0) is 50.6 Å². The molecule has 4 aliphatic heterocycles. The number of hydrogen-bond donors (Lipinski definition) is 1. The molecular formula is C60H83F2N9O9S2. The Kier molecular flexibility index (Phi) is 21.5. The number of sulfone groups is 2. The zero-order valence-electron chi connectivity index (χ0n) is 48.7. The lowest BCUT2D eigenvalue weighted by Gasteiger charge is -2.38. The van der Waals surface area contributed by atoms with Crippen LogP contribution in [0.3, 0.4) is 0 Å². The van der Waals surface area contributed by atoms with Crippen molar-refractivity contribution in [1.29, 1.82) is 0 Å². The van der Waals surface area contributed by atoms with Gasteiger partial charge in [-0.05, 0) is 64.4 Å². The summed E-state index contributed by atoms with van der Waals surface area (Å²) in [5.74, 6) is -2.65. The van der Waals surface area contributed by atoms with Gasteiger partial charge >= 0.3 is 18.0 Å². The average Bonchev–Trinajstić information content (AvgIpc) is 3.54. The highest BCUT2D eigenvalue weighted by Crippen LogP contribution is 2.27. The first-order chi connectivity index (χ1) is 38.7. The number of benzene rings is 4. The fraction of sp³-hybridized carbons (Fsp3) is 0.533. The summed E-state index contributed by atoms with van der Waals surface area (Å²) in [6.45, 7) is 25.3. The molecule has 4 fully saturated rings. The number of halogens is 2. The van der Waals surface area contributed by atoms with E-state index in [1.807, 2.05) is 48.5 Å². The first-order valence-corrected chi connectivity index (χ1v) is 31.8. The van der Waals surface area contributed by atoms with Crippen LogP contribution in [0.1, 0.15) is 84.5 Å². The van der Waals surface area contributed by atoms with Gasteiger partial charge in [-0.15, -0.1) is 0 Å². The van der Waals surface area contributed by atoms with E-state index in [-0.39, 0.29) is 120 Å². The lowest BCUT2D eigenvalue weighted by atomic mass is 9.96. The molecule has 0 aliphatic carbocycles. The van der Waals surface area contributed by atoms with Gasteiger partial charge in [0.05, 0.1) is 55.3 Å². The smallest absolute Gasteiger partial charge is 0.337 e. The Hall–Kier alpha value is -5.88. The lowest BCUT2D eigenvalue weighted by molar-refractivity contribution is 0.0599. The third kappa shape index (κ3) is 18.6. The van der Waals surface area contributed by atoms with Gasteiger partial charge in [-0.1, -0.05) is 84.0 Å². The summed E-state index contributed by atoms with van der Waals surface area (Å²) in [4.78, 5) is 66.8. The van der Waals surface area contributed by atoms with E-state index in [0.29, 0.717) is 11.4 Å². The van der Waals surface area contributed by atoms with Gasteiger partial charge < -0.3 is 30.1 Å². The first-order valence-electron chi connectivity index (χ1n) is 28.2. The Morgan fingerprint density at radius 1 is 0.512 bits per heavy atom. The van der Waals surface area contributed by atoms with Crippen LogP contribution in [0.25, 0.3) is 0 Å². The van der Waals surface area contributed by atoms with E-state index in [9.17, 15) is 36.0 Å². The van der Waals surface area contributed by atoms with Gasteiger partial charge in [-0.3, -0.25) is 24.4 Å². The maximum absolute atomic E-state index is 15.0. The fourth-order valence-corrected chi connectivity index (χ4v) is 12.9. The van der Waals surface area contributed by atoms with Crippen molar-refractivity contribution in [2.45, 2.75) is 67.7 Å². The van der Waals surface area contributed by atoms with E-state index in [4.69, 9.17) is 5.73 Å². The fourth-order valence-electron chi connectivity index (χ4n) is 10.5. The van der Waals surface area contributed by atoms with E-state index >= 15 is 8.78 Å². The number of ether oxygens (including phenoxy) is 1. The maximum Gasteiger partial charge on any atom is 0.337 e. The molecule has 4 aromatic carbocycles. The van der Waals surface area contributed by atoms with Crippen molar-refractivity contribution in [3.63, 3.8) is 0 Å². The number of carbonyl (C=O) groups is 4. The Bertz CT molecular complexity index is 2850. The van der Waals surface area contributed by atoms with Crippen molar-refractivity contribution in [1.82, 2.24) is 29.4 Å². The van der Waals surface area contributed by atoms with Crippen LogP contribution in [0.2, 0.25) is 0 Å². The van der Waals surface area contributed by atoms with Crippen LogP contribution in [-0.4, -0.2) is 198 Å². The molecule has 0 unspecified atom stereocenters. The molecule has 82 heavy (non-hydrogen) atoms. The highest BCUT2D eigenvalue weighted by molar-refractivity contribution is 7.91. The number of anilines is 2. The van der Waals surface area contributed by atoms with E-state index in [0.717, 1.165) is 102 Å². The second kappa shape index (κ2) is 27.7. The number of nitrogens with two attached hydrogens (primary N) is 1. The molecule has 8 rings (SSSR count). The SMILES string of the molecule is CC(C)(C)CN1CCN(Cc2ccc(N(Cc3ccc(C(=O)CN)cc3F)C(=O)N3CCS(=O)(=O)CC3)cc2)CC1.COC(=O)c1ccc(CN(C(=O)N2CCS(=O)(=O)CC2)c2ccc(CN3CCN(CC(C)(C)C)CC3)cc2)c(F)c1. The minimum Gasteiger partial charge on any atom is -0.465 e. The zero-order valence-corrected chi connectivity index (χ0v) is 50.4. The molecule has 0 atom stereocenters. The summed E-state index contributed by atoms with van der Waals surface area (Å²) in [6.07, 6.45) is 0. The number of esters is 1. The van der Waals surface area contributed by atoms with E-state index in [1.54, 1.807) is 0 Å². The van der Waals surface area contributed by atoms with Gasteiger partial charge in [-0.25, -0.2) is 40.0 Å². The normalized spacial score (nSPS) is 18.3. The Morgan fingerprint density at radius 2 is 0.854 bits per heavy atom. The third-order valence-electron chi connectivity index (χ3n) is 15.0. The number of ketones is 1. The largest absolute Gasteiger partial charge is 0.465 e. The molecule has 0 bridgehead atoms. The minimum absolute atomic E-state index is 0.0693. The van der Waals surface area contributed by atoms with Gasteiger partial charge in [0, 0.05) is 133 Å². The summed E-state index contributed by atoms with van der Waals surface area (Å²) >= 11 is 0. The maximum atomic E-state index is 15.0. The number of carbonyl (C=O) groups excluding carboxylic acids is 4.